The van der Waals surface area contributed by atoms with Crippen molar-refractivity contribution in [3.05, 3.63) is 28.6 Å². The monoisotopic (exact) mass is 310 g/mol. The van der Waals surface area contributed by atoms with E-state index in [9.17, 15) is 4.79 Å². The molecule has 2 aromatic rings. The second kappa shape index (κ2) is 4.77. The molecule has 0 atom stereocenters. The van der Waals surface area contributed by atoms with Gasteiger partial charge in [0, 0.05) is 23.3 Å². The van der Waals surface area contributed by atoms with Crippen LogP contribution in [0.3, 0.4) is 0 Å². The topological polar surface area (TPSA) is 83.0 Å². The smallest absolute Gasteiger partial charge is 0.356 e. The molecular weight excluding hydrogens is 300 g/mol. The quantitative estimate of drug-likeness (QED) is 0.852. The van der Waals surface area contributed by atoms with Gasteiger partial charge in [0.25, 0.3) is 0 Å². The zero-order valence-electron chi connectivity index (χ0n) is 9.85. The van der Waals surface area contributed by atoms with Gasteiger partial charge in [-0.15, -0.1) is 0 Å². The number of methoxy groups -OCH3 is 1. The summed E-state index contributed by atoms with van der Waals surface area (Å²) in [4.78, 5) is 15.7. The highest BCUT2D eigenvalue weighted by atomic mass is 79.9. The lowest BCUT2D eigenvalue weighted by molar-refractivity contribution is 0.0594. The molecule has 2 aromatic heterocycles. The van der Waals surface area contributed by atoms with Gasteiger partial charge in [0.1, 0.15) is 5.69 Å². The van der Waals surface area contributed by atoms with Crippen LogP contribution in [0.4, 0.5) is 5.69 Å². The van der Waals surface area contributed by atoms with Gasteiger partial charge >= 0.3 is 5.97 Å². The first-order chi connectivity index (χ1) is 8.52. The minimum Gasteiger partial charge on any atom is -0.464 e. The van der Waals surface area contributed by atoms with Crippen molar-refractivity contribution in [3.63, 3.8) is 0 Å². The van der Waals surface area contributed by atoms with E-state index in [0.29, 0.717) is 15.9 Å². The number of nitrogens with two attached hydrogens (primary N) is 1. The molecule has 2 N–H and O–H groups in total. The van der Waals surface area contributed by atoms with Crippen LogP contribution < -0.4 is 5.73 Å². The van der Waals surface area contributed by atoms with E-state index in [1.54, 1.807) is 24.1 Å². The molecule has 0 unspecified atom stereocenters. The van der Waals surface area contributed by atoms with Crippen LogP contribution in [0.2, 0.25) is 0 Å². The fourth-order valence-corrected chi connectivity index (χ4v) is 1.90. The number of carbonyl (C=O) groups excluding carboxylic acids is 1. The number of anilines is 1. The number of halogens is 1. The standard InChI is InChI=1S/C11H11BrN4O2/c1-16-5-6(4-14-16)10-9(13)7(12)3-8(15-10)11(17)18-2/h3-5H,13H2,1-2H3. The molecule has 0 bridgehead atoms. The molecule has 0 radical (unpaired) electrons. The number of pyridine rings is 1. The Morgan fingerprint density at radius 2 is 2.28 bits per heavy atom. The first-order valence-corrected chi connectivity index (χ1v) is 5.85. The summed E-state index contributed by atoms with van der Waals surface area (Å²) in [6.07, 6.45) is 3.40. The van der Waals surface area contributed by atoms with Gasteiger partial charge in [-0.25, -0.2) is 9.78 Å². The molecule has 0 aliphatic rings. The van der Waals surface area contributed by atoms with E-state index in [4.69, 9.17) is 5.73 Å². The molecule has 6 nitrogen and oxygen atoms in total. The van der Waals surface area contributed by atoms with Gasteiger partial charge in [0.2, 0.25) is 0 Å². The van der Waals surface area contributed by atoms with E-state index in [1.165, 1.54) is 13.2 Å². The van der Waals surface area contributed by atoms with Gasteiger partial charge in [-0.05, 0) is 22.0 Å². The molecule has 0 aliphatic heterocycles. The first kappa shape index (κ1) is 12.6. The maximum absolute atomic E-state index is 11.5. The van der Waals surface area contributed by atoms with Crippen LogP contribution in [0.5, 0.6) is 0 Å². The summed E-state index contributed by atoms with van der Waals surface area (Å²) in [5, 5.41) is 4.05. The van der Waals surface area contributed by atoms with Gasteiger partial charge in [0.05, 0.1) is 24.7 Å². The van der Waals surface area contributed by atoms with Crippen LogP contribution in [0.15, 0.2) is 22.9 Å². The Kier molecular flexibility index (Phi) is 3.33. The van der Waals surface area contributed by atoms with Crippen molar-refractivity contribution in [2.45, 2.75) is 0 Å². The van der Waals surface area contributed by atoms with E-state index in [-0.39, 0.29) is 5.69 Å². The summed E-state index contributed by atoms with van der Waals surface area (Å²) < 4.78 is 6.87. The van der Waals surface area contributed by atoms with Gasteiger partial charge < -0.3 is 10.5 Å². The molecule has 0 spiro atoms. The van der Waals surface area contributed by atoms with Gasteiger partial charge in [-0.2, -0.15) is 5.10 Å². The molecule has 18 heavy (non-hydrogen) atoms. The number of esters is 1. The van der Waals surface area contributed by atoms with Gasteiger partial charge in [0.15, 0.2) is 0 Å². The SMILES string of the molecule is COC(=O)c1cc(Br)c(N)c(-c2cnn(C)c2)n1. The molecule has 0 aliphatic carbocycles. The molecule has 0 aromatic carbocycles. The number of aromatic nitrogens is 3. The van der Waals surface area contributed by atoms with E-state index in [1.807, 2.05) is 0 Å². The lowest BCUT2D eigenvalue weighted by Crippen LogP contribution is -2.07. The number of hydrogen-bond donors (Lipinski definition) is 1. The number of ether oxygens (including phenoxy) is 1. The van der Waals surface area contributed by atoms with E-state index in [0.717, 1.165) is 5.56 Å². The van der Waals surface area contributed by atoms with Crippen LogP contribution in [0.1, 0.15) is 10.5 Å². The van der Waals surface area contributed by atoms with Crippen molar-refractivity contribution in [3.8, 4) is 11.3 Å². The lowest BCUT2D eigenvalue weighted by Gasteiger charge is -2.07. The predicted molar refractivity (Wildman–Crippen MR) is 69.9 cm³/mol. The maximum Gasteiger partial charge on any atom is 0.356 e. The van der Waals surface area contributed by atoms with Crippen molar-refractivity contribution < 1.29 is 9.53 Å². The molecule has 2 heterocycles. The van der Waals surface area contributed by atoms with Gasteiger partial charge in [-0.3, -0.25) is 4.68 Å². The summed E-state index contributed by atoms with van der Waals surface area (Å²) >= 11 is 3.30. The fourth-order valence-electron chi connectivity index (χ4n) is 1.50. The lowest BCUT2D eigenvalue weighted by atomic mass is 10.2. The number of aryl methyl sites for hydroxylation is 1. The van der Waals surface area contributed by atoms with Crippen LogP contribution in [-0.4, -0.2) is 27.8 Å². The van der Waals surface area contributed by atoms with E-state index in [2.05, 4.69) is 30.7 Å². The number of carbonyl (C=O) groups is 1. The Hall–Kier alpha value is -1.89. The number of nitrogen functional groups attached to an aromatic ring is 1. The molecule has 94 valence electrons. The van der Waals surface area contributed by atoms with Crippen LogP contribution in [0.25, 0.3) is 11.3 Å². The Balaban J connectivity index is 2.59. The minimum atomic E-state index is -0.513. The van der Waals surface area contributed by atoms with Crippen LogP contribution in [-0.2, 0) is 11.8 Å². The second-order valence-electron chi connectivity index (χ2n) is 3.65. The Morgan fingerprint density at radius 1 is 1.56 bits per heavy atom. The van der Waals surface area contributed by atoms with E-state index >= 15 is 0 Å². The van der Waals surface area contributed by atoms with Crippen molar-refractivity contribution >= 4 is 27.6 Å². The summed E-state index contributed by atoms with van der Waals surface area (Å²) in [6.45, 7) is 0. The van der Waals surface area contributed by atoms with Crippen molar-refractivity contribution in [2.75, 3.05) is 12.8 Å². The number of nitrogens with zero attached hydrogens (tertiary/aromatic N) is 3. The largest absolute Gasteiger partial charge is 0.464 e. The number of hydrogen-bond acceptors (Lipinski definition) is 5. The van der Waals surface area contributed by atoms with Crippen LogP contribution >= 0.6 is 15.9 Å². The Morgan fingerprint density at radius 3 is 2.83 bits per heavy atom. The molecule has 2 rings (SSSR count). The van der Waals surface area contributed by atoms with Crippen LogP contribution in [0, 0.1) is 0 Å². The third kappa shape index (κ3) is 2.21. The molecular formula is C11H11BrN4O2. The fraction of sp³-hybridized carbons (Fsp3) is 0.182. The Bertz CT molecular complexity index is 609. The third-order valence-electron chi connectivity index (χ3n) is 2.38. The molecule has 0 saturated heterocycles. The van der Waals surface area contributed by atoms with Gasteiger partial charge in [-0.1, -0.05) is 0 Å². The predicted octanol–water partition coefficient (Wildman–Crippen LogP) is 1.61. The van der Waals surface area contributed by atoms with Crippen molar-refractivity contribution in [2.24, 2.45) is 7.05 Å². The normalized spacial score (nSPS) is 10.4. The molecule has 0 fully saturated rings. The summed E-state index contributed by atoms with van der Waals surface area (Å²) in [5.41, 5.74) is 7.82. The highest BCUT2D eigenvalue weighted by molar-refractivity contribution is 9.10. The highest BCUT2D eigenvalue weighted by Crippen LogP contribution is 2.30. The average molecular weight is 311 g/mol. The summed E-state index contributed by atoms with van der Waals surface area (Å²) in [5.74, 6) is -0.513. The number of rotatable bonds is 2. The third-order valence-corrected chi connectivity index (χ3v) is 3.04. The Labute approximate surface area is 112 Å². The maximum atomic E-state index is 11.5. The van der Waals surface area contributed by atoms with Crippen molar-refractivity contribution in [1.29, 1.82) is 0 Å². The average Bonchev–Trinajstić information content (AvgIpc) is 2.78. The zero-order valence-corrected chi connectivity index (χ0v) is 11.4. The van der Waals surface area contributed by atoms with E-state index < -0.39 is 5.97 Å². The zero-order chi connectivity index (χ0) is 13.3. The molecule has 0 saturated carbocycles. The minimum absolute atomic E-state index is 0.192. The molecule has 7 heteroatoms. The first-order valence-electron chi connectivity index (χ1n) is 5.06. The summed E-state index contributed by atoms with van der Waals surface area (Å²) in [6, 6.07) is 1.53. The second-order valence-corrected chi connectivity index (χ2v) is 4.50. The molecule has 0 amide bonds. The summed E-state index contributed by atoms with van der Waals surface area (Å²) in [7, 11) is 3.09. The van der Waals surface area contributed by atoms with Crippen molar-refractivity contribution in [1.82, 2.24) is 14.8 Å². The highest BCUT2D eigenvalue weighted by Gasteiger charge is 2.16.